The Kier molecular flexibility index (Phi) is 5.63. The van der Waals surface area contributed by atoms with Crippen LogP contribution < -0.4 is 14.8 Å². The van der Waals surface area contributed by atoms with Crippen molar-refractivity contribution in [3.05, 3.63) is 53.6 Å². The largest absolute Gasteiger partial charge is 0.495 e. The van der Waals surface area contributed by atoms with Crippen LogP contribution in [0.1, 0.15) is 24.5 Å². The number of benzene rings is 2. The number of ether oxygens (including phenoxy) is 2. The predicted molar refractivity (Wildman–Crippen MR) is 92.2 cm³/mol. The summed E-state index contributed by atoms with van der Waals surface area (Å²) in [5, 5.41) is 2.88. The quantitative estimate of drug-likeness (QED) is 0.873. The van der Waals surface area contributed by atoms with Gasteiger partial charge in [0.1, 0.15) is 11.5 Å². The molecule has 0 saturated heterocycles. The van der Waals surface area contributed by atoms with Crippen molar-refractivity contribution in [3.63, 3.8) is 0 Å². The van der Waals surface area contributed by atoms with Crippen LogP contribution in [-0.4, -0.2) is 19.1 Å². The van der Waals surface area contributed by atoms with E-state index in [1.165, 1.54) is 0 Å². The van der Waals surface area contributed by atoms with Crippen molar-refractivity contribution in [1.29, 1.82) is 0 Å². The second-order valence-corrected chi connectivity index (χ2v) is 5.47. The summed E-state index contributed by atoms with van der Waals surface area (Å²) in [6.45, 7) is 5.90. The van der Waals surface area contributed by atoms with Gasteiger partial charge in [0.15, 0.2) is 6.10 Å². The summed E-state index contributed by atoms with van der Waals surface area (Å²) in [6, 6.07) is 13.3. The fourth-order valence-corrected chi connectivity index (χ4v) is 2.27. The van der Waals surface area contributed by atoms with E-state index >= 15 is 0 Å². The van der Waals surface area contributed by atoms with Gasteiger partial charge in [-0.05, 0) is 49.6 Å². The van der Waals surface area contributed by atoms with Crippen LogP contribution in [0.15, 0.2) is 42.5 Å². The van der Waals surface area contributed by atoms with E-state index in [2.05, 4.69) is 5.32 Å². The van der Waals surface area contributed by atoms with Crippen LogP contribution in [0.25, 0.3) is 0 Å². The molecule has 0 fully saturated rings. The van der Waals surface area contributed by atoms with Gasteiger partial charge in [-0.25, -0.2) is 0 Å². The standard InChI is InChI=1S/C19H23NO3/c1-5-16(23-18-12-13(2)10-11-14(18)3)19(21)20-15-8-6-7-9-17(15)22-4/h6-12,16H,5H2,1-4H3,(H,20,21)/t16-/m1/s1. The predicted octanol–water partition coefficient (Wildman–Crippen LogP) is 4.11. The van der Waals surface area contributed by atoms with Crippen LogP contribution in [0.3, 0.4) is 0 Å². The van der Waals surface area contributed by atoms with Crippen LogP contribution >= 0.6 is 0 Å². The Bertz CT molecular complexity index is 682. The van der Waals surface area contributed by atoms with Gasteiger partial charge in [-0.2, -0.15) is 0 Å². The van der Waals surface area contributed by atoms with E-state index in [-0.39, 0.29) is 5.91 Å². The zero-order chi connectivity index (χ0) is 16.8. The number of nitrogens with one attached hydrogen (secondary N) is 1. The number of aryl methyl sites for hydroxylation is 2. The minimum Gasteiger partial charge on any atom is -0.495 e. The molecule has 0 unspecified atom stereocenters. The van der Waals surface area contributed by atoms with E-state index in [4.69, 9.17) is 9.47 Å². The Labute approximate surface area is 137 Å². The van der Waals surface area contributed by atoms with Crippen molar-refractivity contribution in [1.82, 2.24) is 0 Å². The Morgan fingerprint density at radius 1 is 1.13 bits per heavy atom. The highest BCUT2D eigenvalue weighted by molar-refractivity contribution is 5.95. The van der Waals surface area contributed by atoms with Crippen molar-refractivity contribution >= 4 is 11.6 Å². The number of methoxy groups -OCH3 is 1. The molecule has 1 amide bonds. The summed E-state index contributed by atoms with van der Waals surface area (Å²) in [6.07, 6.45) is 0.0226. The van der Waals surface area contributed by atoms with E-state index in [0.29, 0.717) is 17.9 Å². The summed E-state index contributed by atoms with van der Waals surface area (Å²) < 4.78 is 11.2. The van der Waals surface area contributed by atoms with Gasteiger partial charge >= 0.3 is 0 Å². The van der Waals surface area contributed by atoms with E-state index < -0.39 is 6.10 Å². The molecule has 2 aromatic carbocycles. The smallest absolute Gasteiger partial charge is 0.265 e. The molecule has 2 rings (SSSR count). The first kappa shape index (κ1) is 16.9. The third kappa shape index (κ3) is 4.25. The molecule has 1 atom stereocenters. The highest BCUT2D eigenvalue weighted by atomic mass is 16.5. The van der Waals surface area contributed by atoms with Crippen LogP contribution in [0.5, 0.6) is 11.5 Å². The molecule has 0 aromatic heterocycles. The summed E-state index contributed by atoms with van der Waals surface area (Å²) in [5.41, 5.74) is 2.76. The van der Waals surface area contributed by atoms with Crippen LogP contribution in [-0.2, 0) is 4.79 Å². The average Bonchev–Trinajstić information content (AvgIpc) is 2.56. The first-order chi connectivity index (χ1) is 11.0. The maximum Gasteiger partial charge on any atom is 0.265 e. The van der Waals surface area contributed by atoms with E-state index in [0.717, 1.165) is 16.9 Å². The van der Waals surface area contributed by atoms with Crippen molar-refractivity contribution in [2.75, 3.05) is 12.4 Å². The van der Waals surface area contributed by atoms with E-state index in [9.17, 15) is 4.79 Å². The van der Waals surface area contributed by atoms with Gasteiger partial charge in [-0.1, -0.05) is 31.2 Å². The van der Waals surface area contributed by atoms with Crippen LogP contribution in [0, 0.1) is 13.8 Å². The Morgan fingerprint density at radius 3 is 2.57 bits per heavy atom. The number of hydrogen-bond acceptors (Lipinski definition) is 3. The summed E-state index contributed by atoms with van der Waals surface area (Å²) in [7, 11) is 1.58. The molecule has 4 heteroatoms. The Morgan fingerprint density at radius 2 is 1.87 bits per heavy atom. The van der Waals surface area contributed by atoms with Crippen molar-refractivity contribution in [2.24, 2.45) is 0 Å². The highest BCUT2D eigenvalue weighted by Gasteiger charge is 2.20. The molecule has 23 heavy (non-hydrogen) atoms. The lowest BCUT2D eigenvalue weighted by atomic mass is 10.1. The molecule has 2 aromatic rings. The maximum atomic E-state index is 12.5. The molecule has 0 aliphatic rings. The molecule has 0 spiro atoms. The lowest BCUT2D eigenvalue weighted by Crippen LogP contribution is -2.32. The van der Waals surface area contributed by atoms with Crippen molar-refractivity contribution < 1.29 is 14.3 Å². The first-order valence-electron chi connectivity index (χ1n) is 7.73. The second kappa shape index (κ2) is 7.68. The third-order valence-electron chi connectivity index (χ3n) is 3.64. The van der Waals surface area contributed by atoms with Gasteiger partial charge < -0.3 is 14.8 Å². The lowest BCUT2D eigenvalue weighted by Gasteiger charge is -2.19. The average molecular weight is 313 g/mol. The zero-order valence-electron chi connectivity index (χ0n) is 14.1. The van der Waals surface area contributed by atoms with Crippen LogP contribution in [0.4, 0.5) is 5.69 Å². The maximum absolute atomic E-state index is 12.5. The van der Waals surface area contributed by atoms with Gasteiger partial charge in [-0.3, -0.25) is 4.79 Å². The second-order valence-electron chi connectivity index (χ2n) is 5.47. The van der Waals surface area contributed by atoms with Crippen molar-refractivity contribution in [3.8, 4) is 11.5 Å². The van der Waals surface area contributed by atoms with E-state index in [1.54, 1.807) is 13.2 Å². The normalized spacial score (nSPS) is 11.7. The third-order valence-corrected chi connectivity index (χ3v) is 3.64. The molecule has 0 saturated carbocycles. The van der Waals surface area contributed by atoms with E-state index in [1.807, 2.05) is 57.2 Å². The van der Waals surface area contributed by atoms with Gasteiger partial charge in [0.2, 0.25) is 0 Å². The lowest BCUT2D eigenvalue weighted by molar-refractivity contribution is -0.122. The minimum atomic E-state index is -0.555. The number of rotatable bonds is 6. The number of para-hydroxylation sites is 2. The molecule has 0 aliphatic carbocycles. The minimum absolute atomic E-state index is 0.182. The summed E-state index contributed by atoms with van der Waals surface area (Å²) in [5.74, 6) is 1.19. The SMILES string of the molecule is CC[C@@H](Oc1cc(C)ccc1C)C(=O)Nc1ccccc1OC. The Hall–Kier alpha value is -2.49. The summed E-state index contributed by atoms with van der Waals surface area (Å²) >= 11 is 0. The van der Waals surface area contributed by atoms with Gasteiger partial charge in [0.25, 0.3) is 5.91 Å². The topological polar surface area (TPSA) is 47.6 Å². The van der Waals surface area contributed by atoms with Gasteiger partial charge in [0.05, 0.1) is 12.8 Å². The molecule has 122 valence electrons. The molecule has 1 N–H and O–H groups in total. The van der Waals surface area contributed by atoms with Gasteiger partial charge in [0, 0.05) is 0 Å². The Balaban J connectivity index is 2.14. The molecule has 0 aliphatic heterocycles. The molecular weight excluding hydrogens is 290 g/mol. The molecule has 0 bridgehead atoms. The van der Waals surface area contributed by atoms with Gasteiger partial charge in [-0.15, -0.1) is 0 Å². The monoisotopic (exact) mass is 313 g/mol. The zero-order valence-corrected chi connectivity index (χ0v) is 14.1. The number of carbonyl (C=O) groups is 1. The molecular formula is C19H23NO3. The highest BCUT2D eigenvalue weighted by Crippen LogP contribution is 2.25. The fourth-order valence-electron chi connectivity index (χ4n) is 2.27. The number of amides is 1. The first-order valence-corrected chi connectivity index (χ1v) is 7.73. The number of carbonyl (C=O) groups excluding carboxylic acids is 1. The summed E-state index contributed by atoms with van der Waals surface area (Å²) in [4.78, 5) is 12.5. The number of hydrogen-bond donors (Lipinski definition) is 1. The molecule has 0 radical (unpaired) electrons. The van der Waals surface area contributed by atoms with Crippen LogP contribution in [0.2, 0.25) is 0 Å². The molecule has 0 heterocycles. The molecule has 4 nitrogen and oxygen atoms in total. The number of anilines is 1. The fraction of sp³-hybridized carbons (Fsp3) is 0.316. The van der Waals surface area contributed by atoms with Crippen molar-refractivity contribution in [2.45, 2.75) is 33.3 Å².